The van der Waals surface area contributed by atoms with Gasteiger partial charge in [0.15, 0.2) is 5.82 Å². The Morgan fingerprint density at radius 3 is 2.75 bits per heavy atom. The zero-order valence-electron chi connectivity index (χ0n) is 7.76. The van der Waals surface area contributed by atoms with Crippen molar-refractivity contribution in [3.8, 4) is 0 Å². The van der Waals surface area contributed by atoms with Gasteiger partial charge in [-0.05, 0) is 12.8 Å². The Balaban J connectivity index is 2.70. The Morgan fingerprint density at radius 1 is 1.42 bits per heavy atom. The molecule has 1 aromatic rings. The monoisotopic (exact) mass is 168 g/mol. The molecule has 3 nitrogen and oxygen atoms in total. The van der Waals surface area contributed by atoms with Gasteiger partial charge in [0, 0.05) is 12.0 Å². The van der Waals surface area contributed by atoms with Crippen LogP contribution in [0.1, 0.15) is 38.0 Å². The van der Waals surface area contributed by atoms with Crippen LogP contribution in [0.15, 0.2) is 4.52 Å². The van der Waals surface area contributed by atoms with Crippen LogP contribution < -0.4 is 5.73 Å². The molecular formula is C9H16N2O. The Bertz CT molecular complexity index is 243. The predicted molar refractivity (Wildman–Crippen MR) is 48.9 cm³/mol. The van der Waals surface area contributed by atoms with Crippen LogP contribution in [0.5, 0.6) is 0 Å². The minimum Gasteiger partial charge on any atom is -0.381 e. The van der Waals surface area contributed by atoms with Gasteiger partial charge in [0.05, 0.1) is 0 Å². The van der Waals surface area contributed by atoms with Crippen molar-refractivity contribution in [3.05, 3.63) is 11.3 Å². The first kappa shape index (κ1) is 9.10. The average molecular weight is 168 g/mol. The molecule has 12 heavy (non-hydrogen) atoms. The summed E-state index contributed by atoms with van der Waals surface area (Å²) < 4.78 is 5.11. The minimum absolute atomic E-state index is 0.559. The van der Waals surface area contributed by atoms with Gasteiger partial charge in [-0.15, -0.1) is 0 Å². The van der Waals surface area contributed by atoms with Gasteiger partial charge in [0.2, 0.25) is 0 Å². The molecule has 3 heteroatoms. The number of anilines is 1. The fraction of sp³-hybridized carbons (Fsp3) is 0.667. The maximum absolute atomic E-state index is 5.62. The van der Waals surface area contributed by atoms with E-state index < -0.39 is 0 Å². The van der Waals surface area contributed by atoms with E-state index in [4.69, 9.17) is 10.3 Å². The summed E-state index contributed by atoms with van der Waals surface area (Å²) in [5, 5.41) is 3.74. The number of nitrogen functional groups attached to an aromatic ring is 1. The minimum atomic E-state index is 0.559. The van der Waals surface area contributed by atoms with Crippen molar-refractivity contribution in [3.63, 3.8) is 0 Å². The third-order valence-electron chi connectivity index (χ3n) is 2.01. The second kappa shape index (κ2) is 4.14. The maximum Gasteiger partial charge on any atom is 0.170 e. The molecule has 0 fully saturated rings. The van der Waals surface area contributed by atoms with Crippen LogP contribution in [0.4, 0.5) is 5.82 Å². The van der Waals surface area contributed by atoms with Crippen molar-refractivity contribution in [2.45, 2.75) is 39.5 Å². The first-order chi connectivity index (χ1) is 5.79. The molecule has 0 radical (unpaired) electrons. The van der Waals surface area contributed by atoms with E-state index in [1.807, 2.05) is 0 Å². The second-order valence-electron chi connectivity index (χ2n) is 2.93. The number of aromatic nitrogens is 1. The van der Waals surface area contributed by atoms with Gasteiger partial charge in [-0.25, -0.2) is 0 Å². The molecule has 0 amide bonds. The van der Waals surface area contributed by atoms with E-state index in [2.05, 4.69) is 19.0 Å². The van der Waals surface area contributed by atoms with E-state index in [0.29, 0.717) is 5.82 Å². The third-order valence-corrected chi connectivity index (χ3v) is 2.01. The van der Waals surface area contributed by atoms with Gasteiger partial charge in [-0.1, -0.05) is 25.4 Å². The number of rotatable bonds is 4. The summed E-state index contributed by atoms with van der Waals surface area (Å²) in [6.45, 7) is 4.23. The molecule has 1 heterocycles. The summed E-state index contributed by atoms with van der Waals surface area (Å²) in [4.78, 5) is 0. The number of unbranched alkanes of at least 4 members (excludes halogenated alkanes) is 1. The quantitative estimate of drug-likeness (QED) is 0.749. The molecule has 2 N–H and O–H groups in total. The Kier molecular flexibility index (Phi) is 3.14. The normalized spacial score (nSPS) is 10.5. The van der Waals surface area contributed by atoms with E-state index in [-0.39, 0.29) is 0 Å². The summed E-state index contributed by atoms with van der Waals surface area (Å²) in [5.74, 6) is 1.53. The summed E-state index contributed by atoms with van der Waals surface area (Å²) in [6.07, 6.45) is 4.18. The van der Waals surface area contributed by atoms with Crippen molar-refractivity contribution >= 4 is 5.82 Å². The Hall–Kier alpha value is -0.990. The molecule has 0 spiro atoms. The largest absolute Gasteiger partial charge is 0.381 e. The van der Waals surface area contributed by atoms with E-state index >= 15 is 0 Å². The highest BCUT2D eigenvalue weighted by molar-refractivity contribution is 5.40. The standard InChI is InChI=1S/C9H16N2O/c1-3-5-6-8-7(4-2)9(10)11-12-8/h3-6H2,1-2H3,(H2,10,11). The molecule has 0 unspecified atom stereocenters. The molecule has 1 aromatic heterocycles. The lowest BCUT2D eigenvalue weighted by atomic mass is 10.1. The second-order valence-corrected chi connectivity index (χ2v) is 2.93. The molecule has 0 atom stereocenters. The fourth-order valence-corrected chi connectivity index (χ4v) is 1.27. The van der Waals surface area contributed by atoms with Gasteiger partial charge < -0.3 is 10.3 Å². The summed E-state index contributed by atoms with van der Waals surface area (Å²) >= 11 is 0. The number of nitrogens with zero attached hydrogens (tertiary/aromatic N) is 1. The highest BCUT2D eigenvalue weighted by atomic mass is 16.5. The SMILES string of the molecule is CCCCc1onc(N)c1CC. The maximum atomic E-state index is 5.62. The zero-order chi connectivity index (χ0) is 8.97. The molecule has 68 valence electrons. The lowest BCUT2D eigenvalue weighted by Gasteiger charge is -1.96. The number of aryl methyl sites for hydroxylation is 1. The summed E-state index contributed by atoms with van der Waals surface area (Å²) in [6, 6.07) is 0. The van der Waals surface area contributed by atoms with E-state index in [1.54, 1.807) is 0 Å². The smallest absolute Gasteiger partial charge is 0.170 e. The Morgan fingerprint density at radius 2 is 2.17 bits per heavy atom. The lowest BCUT2D eigenvalue weighted by molar-refractivity contribution is 0.381. The van der Waals surface area contributed by atoms with Crippen LogP contribution in [-0.2, 0) is 12.8 Å². The third kappa shape index (κ3) is 1.78. The zero-order valence-corrected chi connectivity index (χ0v) is 7.76. The van der Waals surface area contributed by atoms with Crippen molar-refractivity contribution < 1.29 is 4.52 Å². The van der Waals surface area contributed by atoms with E-state index in [1.165, 1.54) is 6.42 Å². The van der Waals surface area contributed by atoms with Crippen LogP contribution in [-0.4, -0.2) is 5.16 Å². The van der Waals surface area contributed by atoms with Gasteiger partial charge in [0.1, 0.15) is 5.76 Å². The van der Waals surface area contributed by atoms with Gasteiger partial charge in [-0.2, -0.15) is 0 Å². The van der Waals surface area contributed by atoms with Gasteiger partial charge in [0.25, 0.3) is 0 Å². The average Bonchev–Trinajstić information content (AvgIpc) is 2.43. The molecule has 1 rings (SSSR count). The van der Waals surface area contributed by atoms with Crippen molar-refractivity contribution in [2.24, 2.45) is 0 Å². The molecule has 0 aliphatic rings. The van der Waals surface area contributed by atoms with Crippen LogP contribution >= 0.6 is 0 Å². The highest BCUT2D eigenvalue weighted by Crippen LogP contribution is 2.18. The molecule has 0 bridgehead atoms. The van der Waals surface area contributed by atoms with Crippen molar-refractivity contribution in [1.82, 2.24) is 5.16 Å². The lowest BCUT2D eigenvalue weighted by Crippen LogP contribution is -1.93. The molecule has 0 aliphatic heterocycles. The molecule has 0 aliphatic carbocycles. The van der Waals surface area contributed by atoms with Crippen molar-refractivity contribution in [2.75, 3.05) is 5.73 Å². The topological polar surface area (TPSA) is 52.0 Å². The van der Waals surface area contributed by atoms with Crippen LogP contribution in [0.2, 0.25) is 0 Å². The number of hydrogen-bond acceptors (Lipinski definition) is 3. The number of hydrogen-bond donors (Lipinski definition) is 1. The first-order valence-electron chi connectivity index (χ1n) is 4.52. The van der Waals surface area contributed by atoms with Crippen LogP contribution in [0.25, 0.3) is 0 Å². The Labute approximate surface area is 72.9 Å². The van der Waals surface area contributed by atoms with Gasteiger partial charge >= 0.3 is 0 Å². The van der Waals surface area contributed by atoms with E-state index in [0.717, 1.165) is 30.6 Å². The first-order valence-corrected chi connectivity index (χ1v) is 4.52. The number of nitrogens with two attached hydrogens (primary N) is 1. The molecule has 0 aromatic carbocycles. The van der Waals surface area contributed by atoms with Crippen LogP contribution in [0, 0.1) is 0 Å². The highest BCUT2D eigenvalue weighted by Gasteiger charge is 2.10. The summed E-state index contributed by atoms with van der Waals surface area (Å²) in [5.41, 5.74) is 6.71. The fourth-order valence-electron chi connectivity index (χ4n) is 1.27. The molecular weight excluding hydrogens is 152 g/mol. The van der Waals surface area contributed by atoms with Crippen molar-refractivity contribution in [1.29, 1.82) is 0 Å². The predicted octanol–water partition coefficient (Wildman–Crippen LogP) is 2.16. The molecule has 0 saturated heterocycles. The van der Waals surface area contributed by atoms with E-state index in [9.17, 15) is 0 Å². The summed E-state index contributed by atoms with van der Waals surface area (Å²) in [7, 11) is 0. The van der Waals surface area contributed by atoms with Crippen LogP contribution in [0.3, 0.4) is 0 Å². The van der Waals surface area contributed by atoms with Gasteiger partial charge in [-0.3, -0.25) is 0 Å². The molecule has 0 saturated carbocycles.